The predicted octanol–water partition coefficient (Wildman–Crippen LogP) is -2.21. The zero-order chi connectivity index (χ0) is 15.9. The predicted molar refractivity (Wildman–Crippen MR) is 72.3 cm³/mol. The van der Waals surface area contributed by atoms with Crippen molar-refractivity contribution in [3.05, 3.63) is 38.2 Å². The zero-order valence-electron chi connectivity index (χ0n) is 10.7. The molecule has 6 N–H and O–H groups in total. The minimum Gasteiger partial charge on any atom is -0.494 e. The summed E-state index contributed by atoms with van der Waals surface area (Å²) in [7, 11) is 0. The summed E-state index contributed by atoms with van der Waals surface area (Å²) in [5, 5.41) is 25.6. The Balaban J connectivity index is 1.90. The number of aromatic amines is 2. The number of carbonyl (C=O) groups is 1. The maximum Gasteiger partial charge on any atom is 0.328 e. The van der Waals surface area contributed by atoms with E-state index >= 15 is 0 Å². The maximum absolute atomic E-state index is 12.0. The number of nitrogens with one attached hydrogen (secondary N) is 4. The minimum atomic E-state index is -1.13. The van der Waals surface area contributed by atoms with Crippen LogP contribution in [-0.4, -0.2) is 42.3 Å². The van der Waals surface area contributed by atoms with Gasteiger partial charge in [-0.25, -0.2) is 15.2 Å². The second-order valence-electron chi connectivity index (χ2n) is 4.25. The highest BCUT2D eigenvalue weighted by molar-refractivity contribution is 6.01. The smallest absolute Gasteiger partial charge is 0.328 e. The van der Waals surface area contributed by atoms with E-state index in [2.05, 4.69) is 20.8 Å². The van der Waals surface area contributed by atoms with Crippen molar-refractivity contribution in [1.82, 2.24) is 19.9 Å². The van der Waals surface area contributed by atoms with Gasteiger partial charge in [-0.2, -0.15) is 4.79 Å². The molecule has 3 rings (SSSR count). The number of carbonyl (C=O) groups excluding carboxylic acids is 1. The summed E-state index contributed by atoms with van der Waals surface area (Å²) in [6, 6.07) is 0. The first kappa shape index (κ1) is 13.6. The largest absolute Gasteiger partial charge is 0.494 e. The van der Waals surface area contributed by atoms with Crippen molar-refractivity contribution in [3.63, 3.8) is 0 Å². The second kappa shape index (κ2) is 4.85. The number of aliphatic imine (C=N–C) groups is 1. The van der Waals surface area contributed by atoms with Crippen LogP contribution in [0, 0.1) is 0 Å². The molecule has 1 aliphatic rings. The van der Waals surface area contributed by atoms with Crippen LogP contribution in [0.3, 0.4) is 0 Å². The van der Waals surface area contributed by atoms with Crippen LogP contribution in [0.25, 0.3) is 0 Å². The van der Waals surface area contributed by atoms with Crippen LogP contribution in [0.15, 0.2) is 20.8 Å². The SMILES string of the molecule is O=C(Nn1cc2c(n1)NC=NC2O)c1c(O)[nH]c(=O)[nH]c1=O. The Morgan fingerprint density at radius 1 is 1.36 bits per heavy atom. The molecule has 0 spiro atoms. The normalized spacial score (nSPS) is 16.0. The van der Waals surface area contributed by atoms with E-state index in [0.717, 1.165) is 4.79 Å². The van der Waals surface area contributed by atoms with E-state index in [1.807, 2.05) is 9.97 Å². The summed E-state index contributed by atoms with van der Waals surface area (Å²) >= 11 is 0. The molecule has 0 aliphatic carbocycles. The van der Waals surface area contributed by atoms with Crippen molar-refractivity contribution in [1.29, 1.82) is 0 Å². The molecule has 0 fully saturated rings. The van der Waals surface area contributed by atoms with Gasteiger partial charge in [0.25, 0.3) is 11.5 Å². The van der Waals surface area contributed by atoms with Crippen LogP contribution in [0.4, 0.5) is 5.82 Å². The lowest BCUT2D eigenvalue weighted by Gasteiger charge is -2.09. The first-order valence-corrected chi connectivity index (χ1v) is 5.88. The van der Waals surface area contributed by atoms with Crippen LogP contribution in [0.2, 0.25) is 0 Å². The third-order valence-corrected chi connectivity index (χ3v) is 2.80. The Morgan fingerprint density at radius 3 is 2.82 bits per heavy atom. The van der Waals surface area contributed by atoms with Crippen molar-refractivity contribution >= 4 is 18.1 Å². The lowest BCUT2D eigenvalue weighted by Crippen LogP contribution is -2.33. The van der Waals surface area contributed by atoms with E-state index in [1.54, 1.807) is 0 Å². The molecule has 0 bridgehead atoms. The molecule has 0 aromatic carbocycles. The molecule has 12 heteroatoms. The molecule has 0 radical (unpaired) electrons. The van der Waals surface area contributed by atoms with Crippen LogP contribution in [-0.2, 0) is 0 Å². The van der Waals surface area contributed by atoms with Crippen molar-refractivity contribution < 1.29 is 15.0 Å². The van der Waals surface area contributed by atoms with E-state index in [0.29, 0.717) is 5.56 Å². The van der Waals surface area contributed by atoms with E-state index in [4.69, 9.17) is 0 Å². The van der Waals surface area contributed by atoms with Gasteiger partial charge in [0.1, 0.15) is 0 Å². The van der Waals surface area contributed by atoms with Gasteiger partial charge in [-0.3, -0.25) is 19.6 Å². The number of amides is 1. The number of hydrogen-bond donors (Lipinski definition) is 6. The monoisotopic (exact) mass is 307 g/mol. The van der Waals surface area contributed by atoms with Crippen LogP contribution in [0.5, 0.6) is 5.88 Å². The molecule has 22 heavy (non-hydrogen) atoms. The summed E-state index contributed by atoms with van der Waals surface area (Å²) in [5.74, 6) is -1.61. The molecule has 114 valence electrons. The quantitative estimate of drug-likeness (QED) is 0.364. The highest BCUT2D eigenvalue weighted by Crippen LogP contribution is 2.24. The molecule has 0 saturated carbocycles. The van der Waals surface area contributed by atoms with E-state index < -0.39 is 34.8 Å². The number of hydrogen-bond acceptors (Lipinski definition) is 8. The number of H-pyrrole nitrogens is 2. The van der Waals surface area contributed by atoms with Crippen molar-refractivity contribution in [2.75, 3.05) is 10.7 Å². The van der Waals surface area contributed by atoms with Gasteiger partial charge < -0.3 is 15.5 Å². The summed E-state index contributed by atoms with van der Waals surface area (Å²) < 4.78 is 0. The van der Waals surface area contributed by atoms with Gasteiger partial charge in [0.05, 0.1) is 18.1 Å². The second-order valence-corrected chi connectivity index (χ2v) is 4.25. The number of aromatic nitrogens is 4. The number of aliphatic hydroxyl groups excluding tert-OH is 1. The number of rotatable bonds is 2. The van der Waals surface area contributed by atoms with Crippen LogP contribution < -0.4 is 22.0 Å². The van der Waals surface area contributed by atoms with Gasteiger partial charge in [-0.05, 0) is 0 Å². The number of nitrogens with zero attached hydrogens (tertiary/aromatic N) is 3. The number of fused-ring (bicyclic) bond motifs is 1. The molecule has 1 atom stereocenters. The third kappa shape index (κ3) is 2.22. The Kier molecular flexibility index (Phi) is 2.99. The van der Waals surface area contributed by atoms with E-state index in [1.165, 1.54) is 12.5 Å². The summed E-state index contributed by atoms with van der Waals surface area (Å²) in [6.45, 7) is 0. The summed E-state index contributed by atoms with van der Waals surface area (Å²) in [6.07, 6.45) is 1.38. The molecule has 1 unspecified atom stereocenters. The molecule has 1 aliphatic heterocycles. The lowest BCUT2D eigenvalue weighted by molar-refractivity contribution is 0.1000. The fraction of sp³-hybridized carbons (Fsp3) is 0.100. The van der Waals surface area contributed by atoms with Gasteiger partial charge in [0.15, 0.2) is 17.6 Å². The van der Waals surface area contributed by atoms with Gasteiger partial charge in [0.2, 0.25) is 5.88 Å². The van der Waals surface area contributed by atoms with Crippen LogP contribution in [0.1, 0.15) is 22.1 Å². The first-order valence-electron chi connectivity index (χ1n) is 5.88. The Labute approximate surface area is 120 Å². The fourth-order valence-corrected chi connectivity index (χ4v) is 1.84. The van der Waals surface area contributed by atoms with Crippen molar-refractivity contribution in [2.24, 2.45) is 4.99 Å². The Morgan fingerprint density at radius 2 is 2.14 bits per heavy atom. The number of anilines is 1. The average Bonchev–Trinajstić information content (AvgIpc) is 2.81. The van der Waals surface area contributed by atoms with E-state index in [9.17, 15) is 24.6 Å². The zero-order valence-corrected chi connectivity index (χ0v) is 10.7. The molecule has 3 heterocycles. The molecule has 2 aromatic rings. The molecule has 1 amide bonds. The molecular weight excluding hydrogens is 298 g/mol. The first-order chi connectivity index (χ1) is 10.5. The van der Waals surface area contributed by atoms with Crippen molar-refractivity contribution in [3.8, 4) is 5.88 Å². The number of aromatic hydroxyl groups is 1. The lowest BCUT2D eigenvalue weighted by atomic mass is 10.3. The van der Waals surface area contributed by atoms with Gasteiger partial charge >= 0.3 is 5.69 Å². The Hall–Kier alpha value is -3.41. The average molecular weight is 307 g/mol. The van der Waals surface area contributed by atoms with Crippen molar-refractivity contribution in [2.45, 2.75) is 6.23 Å². The van der Waals surface area contributed by atoms with E-state index in [-0.39, 0.29) is 5.82 Å². The summed E-state index contributed by atoms with van der Waals surface area (Å²) in [5.41, 5.74) is -0.184. The molecule has 2 aromatic heterocycles. The standard InChI is InChI=1S/C10H9N7O5/c18-6-3-1-17(15-5(3)11-2-12-6)16-9(21)4-7(19)13-10(22)14-8(4)20/h1-2,6,18H,(H,16,21)(H,11,12,15)(H3,13,14,19,20,22). The topological polar surface area (TPSA) is 177 Å². The van der Waals surface area contributed by atoms with Gasteiger partial charge in [-0.15, -0.1) is 5.10 Å². The molecule has 0 saturated heterocycles. The molecule has 12 nitrogen and oxygen atoms in total. The third-order valence-electron chi connectivity index (χ3n) is 2.80. The maximum atomic E-state index is 12.0. The van der Waals surface area contributed by atoms with Crippen LogP contribution >= 0.6 is 0 Å². The highest BCUT2D eigenvalue weighted by Gasteiger charge is 2.22. The minimum absolute atomic E-state index is 0.266. The highest BCUT2D eigenvalue weighted by atomic mass is 16.3. The van der Waals surface area contributed by atoms with Gasteiger partial charge in [-0.1, -0.05) is 0 Å². The van der Waals surface area contributed by atoms with Gasteiger partial charge in [0, 0.05) is 0 Å². The molecular formula is C10H9N7O5. The fourth-order valence-electron chi connectivity index (χ4n) is 1.84. The number of aliphatic hydroxyl groups is 1. The Bertz CT molecular complexity index is 892. The summed E-state index contributed by atoms with van der Waals surface area (Å²) in [4.78, 5) is 42.8.